The first kappa shape index (κ1) is 14.5. The summed E-state index contributed by atoms with van der Waals surface area (Å²) in [6, 6.07) is 1.56. The molecule has 0 aliphatic heterocycles. The van der Waals surface area contributed by atoms with E-state index in [9.17, 15) is 14.7 Å². The van der Waals surface area contributed by atoms with Crippen molar-refractivity contribution >= 4 is 17.5 Å². The normalized spacial score (nSPS) is 21.2. The summed E-state index contributed by atoms with van der Waals surface area (Å²) in [5, 5.41) is 16.2. The van der Waals surface area contributed by atoms with Crippen molar-refractivity contribution in [1.82, 2.24) is 19.9 Å². The highest BCUT2D eigenvalue weighted by molar-refractivity contribution is 6.00. The lowest BCUT2D eigenvalue weighted by atomic mass is 10.0. The van der Waals surface area contributed by atoms with Crippen LogP contribution in [-0.4, -0.2) is 37.6 Å². The van der Waals surface area contributed by atoms with E-state index in [2.05, 4.69) is 15.4 Å². The maximum atomic E-state index is 12.5. The van der Waals surface area contributed by atoms with Gasteiger partial charge in [0.1, 0.15) is 5.56 Å². The van der Waals surface area contributed by atoms with Gasteiger partial charge in [-0.2, -0.15) is 5.10 Å². The van der Waals surface area contributed by atoms with Crippen molar-refractivity contribution in [1.29, 1.82) is 0 Å². The molecule has 0 unspecified atom stereocenters. The van der Waals surface area contributed by atoms with E-state index in [4.69, 9.17) is 0 Å². The molecule has 1 amide bonds. The molecule has 3 rings (SSSR count). The van der Waals surface area contributed by atoms with Gasteiger partial charge in [-0.05, 0) is 32.8 Å². The molecular weight excluding hydrogens is 284 g/mol. The fourth-order valence-corrected chi connectivity index (χ4v) is 3.11. The quantitative estimate of drug-likeness (QED) is 0.891. The Hall–Kier alpha value is -2.44. The zero-order valence-electron chi connectivity index (χ0n) is 12.5. The van der Waals surface area contributed by atoms with Gasteiger partial charge in [0, 0.05) is 17.4 Å². The second-order valence-electron chi connectivity index (χ2n) is 5.79. The van der Waals surface area contributed by atoms with Crippen LogP contribution in [0.3, 0.4) is 0 Å². The molecule has 1 aliphatic carbocycles. The second kappa shape index (κ2) is 5.40. The van der Waals surface area contributed by atoms with Gasteiger partial charge in [0.2, 0.25) is 0 Å². The van der Waals surface area contributed by atoms with Crippen molar-refractivity contribution in [3.8, 4) is 0 Å². The Kier molecular flexibility index (Phi) is 3.56. The zero-order chi connectivity index (χ0) is 15.9. The van der Waals surface area contributed by atoms with Gasteiger partial charge in [0.05, 0.1) is 12.1 Å². The molecule has 0 spiro atoms. The Morgan fingerprint density at radius 2 is 2.14 bits per heavy atom. The van der Waals surface area contributed by atoms with E-state index in [1.807, 2.05) is 19.9 Å². The summed E-state index contributed by atoms with van der Waals surface area (Å²) in [6.07, 6.45) is 3.58. The molecule has 22 heavy (non-hydrogen) atoms. The molecule has 2 N–H and O–H groups in total. The van der Waals surface area contributed by atoms with Crippen LogP contribution in [0.1, 0.15) is 41.0 Å². The monoisotopic (exact) mass is 302 g/mol. The highest BCUT2D eigenvalue weighted by Crippen LogP contribution is 2.26. The number of aromatic nitrogens is 3. The lowest BCUT2D eigenvalue weighted by molar-refractivity contribution is -0.142. The van der Waals surface area contributed by atoms with Gasteiger partial charge >= 0.3 is 5.97 Å². The number of aryl methyl sites for hydroxylation is 2. The van der Waals surface area contributed by atoms with Crippen LogP contribution < -0.4 is 5.32 Å². The third-order valence-corrected chi connectivity index (χ3v) is 4.17. The van der Waals surface area contributed by atoms with Crippen molar-refractivity contribution in [2.75, 3.05) is 0 Å². The lowest BCUT2D eigenvalue weighted by Gasteiger charge is -2.17. The Bertz CT molecular complexity index is 753. The molecule has 1 fully saturated rings. The van der Waals surface area contributed by atoms with Crippen LogP contribution in [0.5, 0.6) is 0 Å². The van der Waals surface area contributed by atoms with Crippen LogP contribution >= 0.6 is 0 Å². The smallest absolute Gasteiger partial charge is 0.308 e. The van der Waals surface area contributed by atoms with E-state index < -0.39 is 11.9 Å². The van der Waals surface area contributed by atoms with E-state index in [1.165, 1.54) is 6.20 Å². The minimum absolute atomic E-state index is 0.314. The van der Waals surface area contributed by atoms with Crippen molar-refractivity contribution < 1.29 is 14.7 Å². The number of carboxylic acid groups (broad SMARTS) is 1. The summed E-state index contributed by atoms with van der Waals surface area (Å²) in [5.74, 6) is -1.68. The molecule has 0 saturated heterocycles. The van der Waals surface area contributed by atoms with Gasteiger partial charge in [-0.25, -0.2) is 9.50 Å². The standard InChI is InChI=1S/C15H18N4O3/c1-8-6-9(2)19-13(17-8)11(7-16-19)14(20)18-12-5-3-4-10(12)15(21)22/h6-7,10,12H,3-5H2,1-2H3,(H,18,20)(H,21,22)/t10-,12+/m0/s1. The number of carboxylic acids is 1. The Morgan fingerprint density at radius 1 is 1.36 bits per heavy atom. The molecular formula is C15H18N4O3. The number of nitrogens with one attached hydrogen (secondary N) is 1. The minimum Gasteiger partial charge on any atom is -0.481 e. The van der Waals surface area contributed by atoms with Crippen molar-refractivity contribution in [2.24, 2.45) is 5.92 Å². The topological polar surface area (TPSA) is 96.6 Å². The highest BCUT2D eigenvalue weighted by atomic mass is 16.4. The number of rotatable bonds is 3. The first-order valence-corrected chi connectivity index (χ1v) is 7.33. The second-order valence-corrected chi connectivity index (χ2v) is 5.79. The molecule has 2 aromatic rings. The van der Waals surface area contributed by atoms with Crippen LogP contribution in [0.25, 0.3) is 5.65 Å². The molecule has 1 saturated carbocycles. The Balaban J connectivity index is 1.88. The molecule has 0 bridgehead atoms. The predicted molar refractivity (Wildman–Crippen MR) is 78.7 cm³/mol. The van der Waals surface area contributed by atoms with Crippen molar-refractivity contribution in [3.05, 3.63) is 29.2 Å². The van der Waals surface area contributed by atoms with Crippen LogP contribution in [0.4, 0.5) is 0 Å². The average molecular weight is 302 g/mol. The minimum atomic E-state index is -0.854. The van der Waals surface area contributed by atoms with E-state index in [0.29, 0.717) is 24.1 Å². The molecule has 2 atom stereocenters. The third kappa shape index (κ3) is 2.43. The van der Waals surface area contributed by atoms with Crippen LogP contribution in [0, 0.1) is 19.8 Å². The molecule has 0 aromatic carbocycles. The third-order valence-electron chi connectivity index (χ3n) is 4.17. The number of nitrogens with zero attached hydrogens (tertiary/aromatic N) is 3. The van der Waals surface area contributed by atoms with Gasteiger partial charge in [0.25, 0.3) is 5.91 Å². The number of amides is 1. The first-order chi connectivity index (χ1) is 10.5. The summed E-state index contributed by atoms with van der Waals surface area (Å²) in [7, 11) is 0. The lowest BCUT2D eigenvalue weighted by Crippen LogP contribution is -2.40. The van der Waals surface area contributed by atoms with E-state index >= 15 is 0 Å². The maximum absolute atomic E-state index is 12.5. The van der Waals surface area contributed by atoms with Gasteiger partial charge in [0.15, 0.2) is 5.65 Å². The Labute approximate surface area is 127 Å². The fourth-order valence-electron chi connectivity index (χ4n) is 3.11. The summed E-state index contributed by atoms with van der Waals surface area (Å²) >= 11 is 0. The molecule has 0 radical (unpaired) electrons. The van der Waals surface area contributed by atoms with Crippen molar-refractivity contribution in [3.63, 3.8) is 0 Å². The number of carbonyl (C=O) groups is 2. The molecule has 116 valence electrons. The van der Waals surface area contributed by atoms with E-state index in [0.717, 1.165) is 17.8 Å². The number of carbonyl (C=O) groups excluding carboxylic acids is 1. The average Bonchev–Trinajstić information content (AvgIpc) is 3.04. The van der Waals surface area contributed by atoms with Gasteiger partial charge < -0.3 is 10.4 Å². The van der Waals surface area contributed by atoms with Crippen LogP contribution in [0.2, 0.25) is 0 Å². The zero-order valence-corrected chi connectivity index (χ0v) is 12.5. The summed E-state index contributed by atoms with van der Waals surface area (Å²) in [6.45, 7) is 3.76. The number of hydrogen-bond acceptors (Lipinski definition) is 4. The fraction of sp³-hybridized carbons (Fsp3) is 0.467. The molecule has 7 nitrogen and oxygen atoms in total. The van der Waals surface area contributed by atoms with Crippen LogP contribution in [-0.2, 0) is 4.79 Å². The summed E-state index contributed by atoms with van der Waals surface area (Å²) < 4.78 is 1.62. The number of fused-ring (bicyclic) bond motifs is 1. The van der Waals surface area contributed by atoms with Gasteiger partial charge in [-0.3, -0.25) is 9.59 Å². The first-order valence-electron chi connectivity index (χ1n) is 7.33. The number of hydrogen-bond donors (Lipinski definition) is 2. The number of aliphatic carboxylic acids is 1. The van der Waals surface area contributed by atoms with Gasteiger partial charge in [-0.1, -0.05) is 6.42 Å². The highest BCUT2D eigenvalue weighted by Gasteiger charge is 2.34. The summed E-state index contributed by atoms with van der Waals surface area (Å²) in [4.78, 5) is 28.0. The molecule has 7 heteroatoms. The molecule has 1 aliphatic rings. The van der Waals surface area contributed by atoms with Gasteiger partial charge in [-0.15, -0.1) is 0 Å². The molecule has 2 aromatic heterocycles. The summed E-state index contributed by atoms with van der Waals surface area (Å²) in [5.41, 5.74) is 2.58. The predicted octanol–water partition coefficient (Wildman–Crippen LogP) is 1.33. The van der Waals surface area contributed by atoms with Crippen molar-refractivity contribution in [2.45, 2.75) is 39.2 Å². The van der Waals surface area contributed by atoms with E-state index in [-0.39, 0.29) is 11.9 Å². The SMILES string of the molecule is Cc1cc(C)n2ncc(C(=O)N[C@@H]3CCC[C@@H]3C(=O)O)c2n1. The largest absolute Gasteiger partial charge is 0.481 e. The Morgan fingerprint density at radius 3 is 2.86 bits per heavy atom. The molecule has 2 heterocycles. The van der Waals surface area contributed by atoms with Crippen LogP contribution in [0.15, 0.2) is 12.3 Å². The maximum Gasteiger partial charge on any atom is 0.308 e. The van der Waals surface area contributed by atoms with E-state index in [1.54, 1.807) is 4.52 Å².